The number of rotatable bonds is 7. The lowest BCUT2D eigenvalue weighted by molar-refractivity contribution is -0.166. The molecule has 0 aliphatic heterocycles. The molecule has 0 spiro atoms. The van der Waals surface area contributed by atoms with E-state index >= 15 is 0 Å². The maximum Gasteiger partial charge on any atom is 0.320 e. The second kappa shape index (κ2) is 6.51. The number of hydrogen-bond acceptors (Lipinski definition) is 3. The van der Waals surface area contributed by atoms with Crippen LogP contribution in [0.3, 0.4) is 0 Å². The Bertz CT molecular complexity index is 235. The zero-order valence-electron chi connectivity index (χ0n) is 10.6. The summed E-state index contributed by atoms with van der Waals surface area (Å²) in [4.78, 5) is 22.9. The van der Waals surface area contributed by atoms with Crippen LogP contribution in [0.25, 0.3) is 0 Å². The Hall–Kier alpha value is -1.06. The van der Waals surface area contributed by atoms with Gasteiger partial charge in [0.05, 0.1) is 6.61 Å². The van der Waals surface area contributed by atoms with Crippen LogP contribution in [0.1, 0.15) is 47.0 Å². The highest BCUT2D eigenvalue weighted by molar-refractivity contribution is 5.94. The van der Waals surface area contributed by atoms with Crippen molar-refractivity contribution in [3.05, 3.63) is 0 Å². The molecule has 0 bridgehead atoms. The summed E-state index contributed by atoms with van der Waals surface area (Å²) in [6, 6.07) is 0. The number of aliphatic carboxylic acids is 1. The first-order valence-electron chi connectivity index (χ1n) is 5.88. The van der Waals surface area contributed by atoms with Crippen molar-refractivity contribution in [3.63, 3.8) is 0 Å². The van der Waals surface area contributed by atoms with Crippen LogP contribution in [0, 0.1) is 11.3 Å². The first-order valence-corrected chi connectivity index (χ1v) is 5.88. The van der Waals surface area contributed by atoms with Crippen LogP contribution in [0.4, 0.5) is 0 Å². The SMILES string of the molecule is CCOC(=O)C(C(=O)O)C(CC)(CC)CC. The predicted molar refractivity (Wildman–Crippen MR) is 61.1 cm³/mol. The normalized spacial score (nSPS) is 13.2. The average Bonchev–Trinajstić information content (AvgIpc) is 2.25. The molecule has 0 aliphatic carbocycles. The minimum absolute atomic E-state index is 0.218. The van der Waals surface area contributed by atoms with Gasteiger partial charge in [-0.3, -0.25) is 9.59 Å². The molecule has 1 unspecified atom stereocenters. The van der Waals surface area contributed by atoms with Crippen LogP contribution in [0.2, 0.25) is 0 Å². The Balaban J connectivity index is 5.15. The molecule has 94 valence electrons. The molecule has 0 aromatic carbocycles. The van der Waals surface area contributed by atoms with Crippen LogP contribution in [0.5, 0.6) is 0 Å². The maximum absolute atomic E-state index is 11.7. The fraction of sp³-hybridized carbons (Fsp3) is 0.833. The fourth-order valence-corrected chi connectivity index (χ4v) is 2.20. The van der Waals surface area contributed by atoms with Gasteiger partial charge in [-0.2, -0.15) is 0 Å². The average molecular weight is 230 g/mol. The molecule has 0 fully saturated rings. The highest BCUT2D eigenvalue weighted by atomic mass is 16.5. The fourth-order valence-electron chi connectivity index (χ4n) is 2.20. The minimum Gasteiger partial charge on any atom is -0.481 e. The molecule has 0 aliphatic rings. The Morgan fingerprint density at radius 3 is 1.81 bits per heavy atom. The highest BCUT2D eigenvalue weighted by Crippen LogP contribution is 2.39. The minimum atomic E-state index is -1.08. The van der Waals surface area contributed by atoms with E-state index in [1.165, 1.54) is 0 Å². The van der Waals surface area contributed by atoms with Gasteiger partial charge in [-0.1, -0.05) is 20.8 Å². The number of carboxylic acid groups (broad SMARTS) is 1. The van der Waals surface area contributed by atoms with E-state index < -0.39 is 23.3 Å². The number of esters is 1. The van der Waals surface area contributed by atoms with Gasteiger partial charge in [0.15, 0.2) is 5.92 Å². The van der Waals surface area contributed by atoms with Gasteiger partial charge in [-0.15, -0.1) is 0 Å². The smallest absolute Gasteiger partial charge is 0.320 e. The molecule has 0 aromatic rings. The van der Waals surface area contributed by atoms with E-state index in [2.05, 4.69) is 0 Å². The van der Waals surface area contributed by atoms with Gasteiger partial charge in [-0.25, -0.2) is 0 Å². The number of carboxylic acids is 1. The molecule has 0 saturated carbocycles. The van der Waals surface area contributed by atoms with E-state index in [0.29, 0.717) is 19.3 Å². The van der Waals surface area contributed by atoms with Crippen LogP contribution in [-0.4, -0.2) is 23.7 Å². The Morgan fingerprint density at radius 1 is 1.12 bits per heavy atom. The summed E-state index contributed by atoms with van der Waals surface area (Å²) < 4.78 is 4.86. The van der Waals surface area contributed by atoms with Gasteiger partial charge in [-0.05, 0) is 31.6 Å². The first-order chi connectivity index (χ1) is 7.48. The molecule has 0 heterocycles. The van der Waals surface area contributed by atoms with Crippen LogP contribution >= 0.6 is 0 Å². The molecule has 0 saturated heterocycles. The third-order valence-corrected chi connectivity index (χ3v) is 3.49. The monoisotopic (exact) mass is 230 g/mol. The molecule has 4 nitrogen and oxygen atoms in total. The third kappa shape index (κ3) is 2.97. The second-order valence-corrected chi connectivity index (χ2v) is 3.95. The first kappa shape index (κ1) is 14.9. The van der Waals surface area contributed by atoms with Crippen LogP contribution in [-0.2, 0) is 14.3 Å². The number of ether oxygens (including phenoxy) is 1. The van der Waals surface area contributed by atoms with Gasteiger partial charge < -0.3 is 9.84 Å². The summed E-state index contributed by atoms with van der Waals surface area (Å²) >= 11 is 0. The van der Waals surface area contributed by atoms with Crippen molar-refractivity contribution >= 4 is 11.9 Å². The quantitative estimate of drug-likeness (QED) is 0.539. The van der Waals surface area contributed by atoms with Crippen molar-refractivity contribution in [3.8, 4) is 0 Å². The molecule has 1 atom stereocenters. The molecule has 0 rings (SSSR count). The molecule has 0 radical (unpaired) electrons. The topological polar surface area (TPSA) is 63.6 Å². The van der Waals surface area contributed by atoms with Crippen LogP contribution in [0.15, 0.2) is 0 Å². The van der Waals surface area contributed by atoms with Crippen molar-refractivity contribution < 1.29 is 19.4 Å². The van der Waals surface area contributed by atoms with Crippen molar-refractivity contribution in [1.29, 1.82) is 0 Å². The zero-order chi connectivity index (χ0) is 12.8. The summed E-state index contributed by atoms with van der Waals surface area (Å²) in [5.74, 6) is -2.74. The third-order valence-electron chi connectivity index (χ3n) is 3.49. The van der Waals surface area contributed by atoms with Crippen molar-refractivity contribution in [2.24, 2.45) is 11.3 Å². The van der Waals surface area contributed by atoms with E-state index in [1.54, 1.807) is 6.92 Å². The lowest BCUT2D eigenvalue weighted by Crippen LogP contribution is -2.41. The zero-order valence-corrected chi connectivity index (χ0v) is 10.6. The van der Waals surface area contributed by atoms with Gasteiger partial charge in [0.1, 0.15) is 0 Å². The Kier molecular flexibility index (Phi) is 6.08. The lowest BCUT2D eigenvalue weighted by atomic mass is 9.69. The maximum atomic E-state index is 11.7. The summed E-state index contributed by atoms with van der Waals surface area (Å²) in [6.07, 6.45) is 1.99. The number of carbonyl (C=O) groups is 2. The molecule has 0 amide bonds. The van der Waals surface area contributed by atoms with E-state index in [9.17, 15) is 14.7 Å². The van der Waals surface area contributed by atoms with Crippen molar-refractivity contribution in [2.45, 2.75) is 47.0 Å². The lowest BCUT2D eigenvalue weighted by Gasteiger charge is -2.34. The standard InChI is InChI=1S/C12H22O4/c1-5-12(6-2,7-3)9(10(13)14)11(15)16-8-4/h9H,5-8H2,1-4H3,(H,13,14). The van der Waals surface area contributed by atoms with E-state index in [1.807, 2.05) is 20.8 Å². The van der Waals surface area contributed by atoms with E-state index in [0.717, 1.165) is 0 Å². The summed E-state index contributed by atoms with van der Waals surface area (Å²) in [5.41, 5.74) is -0.488. The molecule has 1 N–H and O–H groups in total. The van der Waals surface area contributed by atoms with E-state index in [4.69, 9.17) is 4.74 Å². The van der Waals surface area contributed by atoms with Gasteiger partial charge in [0.2, 0.25) is 0 Å². The molecular weight excluding hydrogens is 208 g/mol. The van der Waals surface area contributed by atoms with Crippen molar-refractivity contribution in [2.75, 3.05) is 6.61 Å². The molecule has 4 heteroatoms. The second-order valence-electron chi connectivity index (χ2n) is 3.95. The number of hydrogen-bond donors (Lipinski definition) is 1. The van der Waals surface area contributed by atoms with Gasteiger partial charge in [0, 0.05) is 0 Å². The number of carbonyl (C=O) groups excluding carboxylic acids is 1. The van der Waals surface area contributed by atoms with Crippen LogP contribution < -0.4 is 0 Å². The van der Waals surface area contributed by atoms with Crippen molar-refractivity contribution in [1.82, 2.24) is 0 Å². The molecular formula is C12H22O4. The summed E-state index contributed by atoms with van der Waals surface area (Å²) in [5, 5.41) is 9.20. The Morgan fingerprint density at radius 2 is 1.56 bits per heavy atom. The van der Waals surface area contributed by atoms with E-state index in [-0.39, 0.29) is 6.61 Å². The van der Waals surface area contributed by atoms with Gasteiger partial charge >= 0.3 is 11.9 Å². The largest absolute Gasteiger partial charge is 0.481 e. The molecule has 0 aromatic heterocycles. The highest BCUT2D eigenvalue weighted by Gasteiger charge is 2.45. The predicted octanol–water partition coefficient (Wildman–Crippen LogP) is 2.47. The van der Waals surface area contributed by atoms with Gasteiger partial charge in [0.25, 0.3) is 0 Å². The summed E-state index contributed by atoms with van der Waals surface area (Å²) in [7, 11) is 0. The Labute approximate surface area is 97.0 Å². The molecule has 16 heavy (non-hydrogen) atoms. The summed E-state index contributed by atoms with van der Waals surface area (Å²) in [6.45, 7) is 7.66.